The average Bonchev–Trinajstić information content (AvgIpc) is 0.738. The smallest absolute Gasteiger partial charge is 0.462 e. The van der Waals surface area contributed by atoms with Crippen LogP contribution in [0.15, 0.2) is 24.3 Å². The number of aromatic hydroxyl groups is 1. The molecular formula is C50H32F48O16. The van der Waals surface area contributed by atoms with Crippen molar-refractivity contribution in [2.75, 3.05) is 26.4 Å². The zero-order valence-electron chi connectivity index (χ0n) is 53.5. The van der Waals surface area contributed by atoms with Crippen molar-refractivity contribution in [1.82, 2.24) is 0 Å². The number of rotatable bonds is 35. The number of ether oxygens (including phenoxy) is 11. The molecule has 16 nitrogen and oxygen atoms in total. The Labute approximate surface area is 593 Å². The molecule has 0 fully saturated rings. The molecule has 0 aliphatic rings. The Morgan fingerprint density at radius 1 is 0.307 bits per heavy atom. The Bertz CT molecular complexity index is 3500. The molecule has 6 atom stereocenters. The molecule has 2 rings (SSSR count). The van der Waals surface area contributed by atoms with Crippen molar-refractivity contribution in [2.45, 2.75) is 187 Å². The lowest BCUT2D eigenvalue weighted by molar-refractivity contribution is -0.543. The van der Waals surface area contributed by atoms with Crippen molar-refractivity contribution in [1.29, 1.82) is 0 Å². The van der Waals surface area contributed by atoms with Crippen LogP contribution in [0, 0.1) is 0 Å². The fourth-order valence-corrected chi connectivity index (χ4v) is 6.96. The van der Waals surface area contributed by atoms with Crippen LogP contribution >= 0.6 is 0 Å². The molecule has 0 saturated carbocycles. The van der Waals surface area contributed by atoms with E-state index in [0.29, 0.717) is 13.8 Å². The van der Waals surface area contributed by atoms with Gasteiger partial charge in [-0.15, -0.1) is 0 Å². The van der Waals surface area contributed by atoms with E-state index < -0.39 is 266 Å². The van der Waals surface area contributed by atoms with Crippen LogP contribution in [0.4, 0.5) is 211 Å². The molecule has 0 aromatic heterocycles. The fourth-order valence-electron chi connectivity index (χ4n) is 6.96. The lowest BCUT2D eigenvalue weighted by Crippen LogP contribution is -2.66. The summed E-state index contributed by atoms with van der Waals surface area (Å²) in [5.41, 5.74) is -10.0. The molecule has 2 aromatic carbocycles. The summed E-state index contributed by atoms with van der Waals surface area (Å²) < 4.78 is 680. The maximum Gasteiger partial charge on any atom is 0.462 e. The van der Waals surface area contributed by atoms with Gasteiger partial charge in [-0.05, 0) is 63.1 Å². The number of phenolic OH excluding ortho intramolecular Hbond substituents is 1. The minimum Gasteiger partial charge on any atom is -0.507 e. The third-order valence-electron chi connectivity index (χ3n) is 12.4. The first-order valence-corrected chi connectivity index (χ1v) is 27.5. The first kappa shape index (κ1) is 104. The predicted octanol–water partition coefficient (Wildman–Crippen LogP) is 18.9. The molecule has 0 radical (unpaired) electrons. The van der Waals surface area contributed by atoms with E-state index in [0.717, 1.165) is 6.92 Å². The lowest BCUT2D eigenvalue weighted by atomic mass is 9.97. The van der Waals surface area contributed by atoms with E-state index in [4.69, 9.17) is 0 Å². The summed E-state index contributed by atoms with van der Waals surface area (Å²) in [6.07, 6.45) is -125. The number of carbonyl (C=O) groups excluding carboxylic acids is 4. The van der Waals surface area contributed by atoms with Gasteiger partial charge in [-0.25, -0.2) is 49.9 Å². The average molecular weight is 1800 g/mol. The first-order chi connectivity index (χ1) is 50.1. The molecule has 0 heterocycles. The van der Waals surface area contributed by atoms with Gasteiger partial charge in [0.25, 0.3) is 12.7 Å². The van der Waals surface area contributed by atoms with Crippen molar-refractivity contribution in [3.8, 4) is 11.5 Å². The van der Waals surface area contributed by atoms with E-state index >= 15 is 8.78 Å². The Kier molecular flexibility index (Phi) is 30.9. The molecule has 0 bridgehead atoms. The molecule has 664 valence electrons. The van der Waals surface area contributed by atoms with Gasteiger partial charge >= 0.3 is 157 Å². The second-order valence-electron chi connectivity index (χ2n) is 20.7. The molecule has 6 unspecified atom stereocenters. The molecule has 0 amide bonds. The summed E-state index contributed by atoms with van der Waals surface area (Å²) in [7, 11) is 0. The number of benzene rings is 2. The van der Waals surface area contributed by atoms with Crippen LogP contribution < -0.4 is 4.74 Å². The fraction of sp³-hybridized carbons (Fsp3) is 0.680. The molecule has 0 aliphatic heterocycles. The maximum absolute atomic E-state index is 15.0. The van der Waals surface area contributed by atoms with Gasteiger partial charge in [0, 0.05) is 12.8 Å². The third kappa shape index (κ3) is 21.7. The minimum absolute atomic E-state index is 0.163. The summed E-state index contributed by atoms with van der Waals surface area (Å²) in [6.45, 7) is 0.604. The normalized spacial score (nSPS) is 16.8. The summed E-state index contributed by atoms with van der Waals surface area (Å²) in [6, 6.07) is -1.08. The highest BCUT2D eigenvalue weighted by Crippen LogP contribution is 2.60. The number of hydrogen-bond acceptors (Lipinski definition) is 16. The van der Waals surface area contributed by atoms with Gasteiger partial charge in [0.2, 0.25) is 0 Å². The summed E-state index contributed by atoms with van der Waals surface area (Å²) >= 11 is 0. The zero-order chi connectivity index (χ0) is 91.0. The number of phenols is 1. The number of alkyl halides is 48. The van der Waals surface area contributed by atoms with Gasteiger partial charge in [0.1, 0.15) is 22.6 Å². The molecule has 114 heavy (non-hydrogen) atoms. The van der Waals surface area contributed by atoms with Gasteiger partial charge in [-0.3, -0.25) is 28.4 Å². The molecular weight excluding hydrogens is 1770 g/mol. The molecule has 0 spiro atoms. The topological polar surface area (TPSA) is 190 Å². The van der Waals surface area contributed by atoms with Crippen molar-refractivity contribution in [3.05, 3.63) is 57.6 Å². The molecule has 2 aromatic rings. The maximum atomic E-state index is 15.0. The van der Waals surface area contributed by atoms with Crippen LogP contribution in [-0.4, -0.2) is 201 Å². The van der Waals surface area contributed by atoms with Gasteiger partial charge in [0.05, 0.1) is 37.6 Å². The number of carbonyl (C=O) groups is 4. The van der Waals surface area contributed by atoms with Crippen LogP contribution in [0.2, 0.25) is 0 Å². The second-order valence-corrected chi connectivity index (χ2v) is 20.7. The van der Waals surface area contributed by atoms with Crippen molar-refractivity contribution >= 4 is 23.9 Å². The standard InChI is InChI=1S/C29H16F32O9.C21H16F16O7/c1-3-64-12(62)9-6-11(66-17(34,35)15(31)68-29(60,61)21(41,25(51,52)53)70-27(56,57)19(38,39)23(45,46)47)10(13(63)65-4-2)5-8(9)7-16(32,33)14(30)67-28(58,59)20(40,24(48,49)50)69-26(54,55)18(36,37)22(42,43)44;1-3-41-12(39)9-6-11(38)10(13(40)42-4-2)5-8(9)7-15(23,24)14(22)43-21(36,37)17(27,19(31,32)33)44-20(34,35)16(25,26)18(28,29)30/h5-6,14-15H,3-4,7H2,1-2H3;5-6,14,38H,3-4,7H2,1-2H3. The number of halogens is 48. The summed E-state index contributed by atoms with van der Waals surface area (Å²) in [5.74, 6) is -72.1. The van der Waals surface area contributed by atoms with E-state index in [9.17, 15) is 226 Å². The first-order valence-electron chi connectivity index (χ1n) is 27.5. The van der Waals surface area contributed by atoms with Gasteiger partial charge < -0.3 is 28.8 Å². The second kappa shape index (κ2) is 33.7. The summed E-state index contributed by atoms with van der Waals surface area (Å²) in [5, 5.41) is 9.92. The molecule has 64 heteroatoms. The largest absolute Gasteiger partial charge is 0.507 e. The van der Waals surface area contributed by atoms with E-state index in [2.05, 4.69) is 33.2 Å². The van der Waals surface area contributed by atoms with Crippen LogP contribution in [-0.2, 0) is 60.2 Å². The molecule has 0 saturated heterocycles. The SMILES string of the molecule is CCOC(=O)c1cc(CC(F)(F)C(F)OC(F)(F)C(F)(OC(F)(F)C(F)(F)C(F)(F)F)C(F)(F)F)c(C(=O)OCC)cc1O.CCOC(=O)c1cc(OC(F)(F)C(F)OC(F)(F)C(F)(OC(F)(F)C(F)(F)C(F)(F)F)C(F)(F)F)c(C(=O)OCC)cc1CC(F)(F)C(F)OC(F)(F)C(F)(OC(F)(F)C(F)(F)C(F)(F)F)C(F)(F)F. The van der Waals surface area contributed by atoms with E-state index in [1.54, 1.807) is 0 Å². The van der Waals surface area contributed by atoms with Crippen LogP contribution in [0.5, 0.6) is 11.5 Å². The highest BCUT2D eigenvalue weighted by molar-refractivity contribution is 5.98. The monoisotopic (exact) mass is 1800 g/mol. The van der Waals surface area contributed by atoms with Gasteiger partial charge in [0.15, 0.2) is 0 Å². The lowest BCUT2D eigenvalue weighted by Gasteiger charge is -2.38. The Balaban J connectivity index is 0.00000127. The quantitative estimate of drug-likeness (QED) is 0.0389. The van der Waals surface area contributed by atoms with Gasteiger partial charge in [-0.1, -0.05) is 0 Å². The van der Waals surface area contributed by atoms with Crippen molar-refractivity contribution < 1.29 is 287 Å². The number of hydrogen-bond donors (Lipinski definition) is 1. The predicted molar refractivity (Wildman–Crippen MR) is 255 cm³/mol. The molecule has 0 aliphatic carbocycles. The Morgan fingerprint density at radius 3 is 0.781 bits per heavy atom. The van der Waals surface area contributed by atoms with Crippen molar-refractivity contribution in [3.63, 3.8) is 0 Å². The summed E-state index contributed by atoms with van der Waals surface area (Å²) in [4.78, 5) is 49.1. The zero-order valence-corrected chi connectivity index (χ0v) is 53.5. The Morgan fingerprint density at radius 2 is 0.535 bits per heavy atom. The Hall–Kier alpha value is -7.68. The highest BCUT2D eigenvalue weighted by Gasteiger charge is 2.88. The van der Waals surface area contributed by atoms with Gasteiger partial charge in [-0.2, -0.15) is 180 Å². The third-order valence-corrected chi connectivity index (χ3v) is 12.4. The minimum atomic E-state index is -8.26. The van der Waals surface area contributed by atoms with Crippen LogP contribution in [0.3, 0.4) is 0 Å². The van der Waals surface area contributed by atoms with Crippen LogP contribution in [0.1, 0.15) is 80.3 Å². The van der Waals surface area contributed by atoms with Crippen molar-refractivity contribution in [2.24, 2.45) is 0 Å². The highest BCUT2D eigenvalue weighted by atomic mass is 19.5. The van der Waals surface area contributed by atoms with E-state index in [1.807, 2.05) is 4.74 Å². The number of esters is 4. The molecule has 1 N–H and O–H groups in total. The van der Waals surface area contributed by atoms with E-state index in [-0.39, 0.29) is 12.1 Å². The van der Waals surface area contributed by atoms with E-state index in [1.165, 1.54) is 21.1 Å². The van der Waals surface area contributed by atoms with Crippen LogP contribution in [0.25, 0.3) is 0 Å².